The van der Waals surface area contributed by atoms with Gasteiger partial charge in [0.2, 0.25) is 0 Å². The molecule has 1 aromatic heterocycles. The molecule has 1 saturated heterocycles. The zero-order valence-electron chi connectivity index (χ0n) is 8.50. The molecule has 0 saturated carbocycles. The molecule has 2 heterocycles. The molecule has 1 aromatic carbocycles. The Labute approximate surface area is 99.6 Å². The van der Waals surface area contributed by atoms with Gasteiger partial charge in [-0.25, -0.2) is 0 Å². The van der Waals surface area contributed by atoms with Crippen molar-refractivity contribution in [3.63, 3.8) is 0 Å². The third kappa shape index (κ3) is 1.78. The molecule has 2 aromatic rings. The van der Waals surface area contributed by atoms with Crippen molar-refractivity contribution in [1.82, 2.24) is 0 Å². The van der Waals surface area contributed by atoms with Crippen molar-refractivity contribution in [2.75, 3.05) is 0 Å². The van der Waals surface area contributed by atoms with Crippen LogP contribution in [0.3, 0.4) is 0 Å². The molecule has 0 amide bonds. The van der Waals surface area contributed by atoms with Gasteiger partial charge in [0.05, 0.1) is 0 Å². The third-order valence-corrected chi connectivity index (χ3v) is 4.59. The number of rotatable bonds is 3. The van der Waals surface area contributed by atoms with Gasteiger partial charge in [-0.2, -0.15) is 0 Å². The fourth-order valence-electron chi connectivity index (χ4n) is 1.75. The van der Waals surface area contributed by atoms with Crippen LogP contribution in [0.1, 0.15) is 20.9 Å². The summed E-state index contributed by atoms with van der Waals surface area (Å²) in [6.07, 6.45) is -0.196. The molecule has 0 radical (unpaired) electrons. The van der Waals surface area contributed by atoms with Crippen molar-refractivity contribution < 1.29 is 9.53 Å². The first-order valence-electron chi connectivity index (χ1n) is 5.14. The fourth-order valence-corrected chi connectivity index (χ4v) is 3.39. The van der Waals surface area contributed by atoms with E-state index in [0.717, 1.165) is 5.56 Å². The normalized spacial score (nSPS) is 23.0. The van der Waals surface area contributed by atoms with Crippen molar-refractivity contribution in [3.05, 3.63) is 57.4 Å². The van der Waals surface area contributed by atoms with Crippen LogP contribution >= 0.6 is 0 Å². The van der Waals surface area contributed by atoms with Crippen LogP contribution < -0.4 is 0 Å². The molecule has 3 rings (SSSR count). The summed E-state index contributed by atoms with van der Waals surface area (Å²) < 4.78 is 6.75. The van der Waals surface area contributed by atoms with Crippen LogP contribution in [0.4, 0.5) is 0 Å². The first-order valence-corrected chi connectivity index (χ1v) is 6.99. The maximum atomic E-state index is 12.0. The molecule has 1 fully saturated rings. The summed E-state index contributed by atoms with van der Waals surface area (Å²) in [5.74, 6) is 0.106. The van der Waals surface area contributed by atoms with Gasteiger partial charge >= 0.3 is 99.4 Å². The number of ether oxygens (including phenoxy) is 1. The number of epoxide rings is 1. The summed E-state index contributed by atoms with van der Waals surface area (Å²) in [7, 11) is 0. The van der Waals surface area contributed by atoms with Crippen LogP contribution in [-0.2, 0) is 4.74 Å². The van der Waals surface area contributed by atoms with E-state index < -0.39 is 0 Å². The van der Waals surface area contributed by atoms with Gasteiger partial charge in [-0.1, -0.05) is 0 Å². The van der Waals surface area contributed by atoms with E-state index in [1.165, 1.54) is 4.44 Å². The van der Waals surface area contributed by atoms with Gasteiger partial charge < -0.3 is 0 Å². The molecular weight excluding hydrogens is 267 g/mol. The first-order chi connectivity index (χ1) is 7.86. The molecule has 0 bridgehead atoms. The molecule has 0 unspecified atom stereocenters. The van der Waals surface area contributed by atoms with Crippen LogP contribution in [0.5, 0.6) is 0 Å². The van der Waals surface area contributed by atoms with Gasteiger partial charge in [0.15, 0.2) is 0 Å². The third-order valence-electron chi connectivity index (χ3n) is 2.63. The van der Waals surface area contributed by atoms with E-state index >= 15 is 0 Å². The van der Waals surface area contributed by atoms with Crippen LogP contribution in [0, 0.1) is 0 Å². The number of Topliss-reactive ketones (excluding diaryl/α,β-unsaturated/α-hetero) is 1. The van der Waals surface area contributed by atoms with Crippen molar-refractivity contribution in [3.8, 4) is 0 Å². The molecule has 16 heavy (non-hydrogen) atoms. The predicted molar refractivity (Wildman–Crippen MR) is 61.8 cm³/mol. The molecular formula is C13H10O2Se. The topological polar surface area (TPSA) is 29.6 Å². The number of carbonyl (C=O) groups excluding carboxylic acids is 1. The molecule has 1 aliphatic heterocycles. The van der Waals surface area contributed by atoms with Crippen molar-refractivity contribution in [1.29, 1.82) is 0 Å². The molecule has 0 aliphatic carbocycles. The van der Waals surface area contributed by atoms with Crippen LogP contribution in [-0.4, -0.2) is 26.4 Å². The Balaban J connectivity index is 1.76. The van der Waals surface area contributed by atoms with Crippen LogP contribution in [0.2, 0.25) is 0 Å². The summed E-state index contributed by atoms with van der Waals surface area (Å²) in [5, 5.41) is 0. The summed E-state index contributed by atoms with van der Waals surface area (Å²) in [6.45, 7) is 0. The average Bonchev–Trinajstić information content (AvgIpc) is 2.95. The van der Waals surface area contributed by atoms with E-state index in [2.05, 4.69) is 11.0 Å². The average molecular weight is 277 g/mol. The minimum absolute atomic E-state index is 0.0442. The van der Waals surface area contributed by atoms with Gasteiger partial charge in [-0.15, -0.1) is 0 Å². The first kappa shape index (κ1) is 10.0. The Morgan fingerprint density at radius 1 is 1.12 bits per heavy atom. The Morgan fingerprint density at radius 2 is 1.94 bits per heavy atom. The molecule has 3 heteroatoms. The van der Waals surface area contributed by atoms with Crippen molar-refractivity contribution >= 4 is 20.3 Å². The van der Waals surface area contributed by atoms with Gasteiger partial charge in [0, 0.05) is 0 Å². The number of hydrogen-bond donors (Lipinski definition) is 0. The van der Waals surface area contributed by atoms with Crippen molar-refractivity contribution in [2.45, 2.75) is 12.2 Å². The van der Waals surface area contributed by atoms with E-state index in [9.17, 15) is 4.79 Å². The predicted octanol–water partition coefficient (Wildman–Crippen LogP) is 2.07. The van der Waals surface area contributed by atoms with Gasteiger partial charge in [-0.05, 0) is 0 Å². The van der Waals surface area contributed by atoms with E-state index in [1.54, 1.807) is 0 Å². The molecule has 0 N–H and O–H groups in total. The fraction of sp³-hybridized carbons (Fsp3) is 0.154. The zero-order chi connectivity index (χ0) is 11.0. The Kier molecular flexibility index (Phi) is 2.52. The summed E-state index contributed by atoms with van der Waals surface area (Å²) >= 11 is 0.385. The monoisotopic (exact) mass is 278 g/mol. The number of benzene rings is 1. The number of ketones is 1. The Hall–Kier alpha value is -1.15. The van der Waals surface area contributed by atoms with E-state index in [-0.39, 0.29) is 18.0 Å². The zero-order valence-corrected chi connectivity index (χ0v) is 10.2. The van der Waals surface area contributed by atoms with Gasteiger partial charge in [0.25, 0.3) is 0 Å². The second-order valence-electron chi connectivity index (χ2n) is 3.72. The summed E-state index contributed by atoms with van der Waals surface area (Å²) in [6, 6.07) is 13.5. The summed E-state index contributed by atoms with van der Waals surface area (Å²) in [4.78, 5) is 14.2. The standard InChI is InChI=1S/C13H10O2Se/c14-11(9-5-2-1-3-6-9)13-12(15-13)10-7-4-8-16-10/h1-8,12-13H/t12-,13-/m0/s1. The SMILES string of the molecule is O=C(c1ccccc1)[C@@H]1O[C@H]1c1ccc[se]1. The molecule has 2 atom stereocenters. The number of carbonyl (C=O) groups is 1. The maximum absolute atomic E-state index is 12.0. The number of hydrogen-bond acceptors (Lipinski definition) is 2. The van der Waals surface area contributed by atoms with Gasteiger partial charge in [-0.3, -0.25) is 0 Å². The van der Waals surface area contributed by atoms with Crippen molar-refractivity contribution in [2.24, 2.45) is 0 Å². The van der Waals surface area contributed by atoms with E-state index in [0.29, 0.717) is 14.5 Å². The summed E-state index contributed by atoms with van der Waals surface area (Å²) in [5.41, 5.74) is 0.744. The van der Waals surface area contributed by atoms with E-state index in [4.69, 9.17) is 4.74 Å². The second-order valence-corrected chi connectivity index (χ2v) is 5.78. The van der Waals surface area contributed by atoms with Crippen LogP contribution in [0.25, 0.3) is 0 Å². The van der Waals surface area contributed by atoms with Crippen LogP contribution in [0.15, 0.2) is 47.4 Å². The molecule has 1 aliphatic rings. The van der Waals surface area contributed by atoms with Gasteiger partial charge in [0.1, 0.15) is 0 Å². The minimum atomic E-state index is -0.240. The Morgan fingerprint density at radius 3 is 2.62 bits per heavy atom. The molecule has 2 nitrogen and oxygen atoms in total. The van der Waals surface area contributed by atoms with E-state index in [1.807, 2.05) is 36.4 Å². The Bertz CT molecular complexity index is 490. The molecule has 80 valence electrons. The molecule has 0 spiro atoms. The second kappa shape index (κ2) is 4.02. The quantitative estimate of drug-likeness (QED) is 0.488.